The molecule has 23 heavy (non-hydrogen) atoms. The van der Waals surface area contributed by atoms with Crippen molar-refractivity contribution in [1.29, 1.82) is 0 Å². The molecule has 0 radical (unpaired) electrons. The van der Waals surface area contributed by atoms with Gasteiger partial charge in [0.25, 0.3) is 0 Å². The molecule has 1 N–H and O–H groups in total. The Labute approximate surface area is 134 Å². The lowest BCUT2D eigenvalue weighted by Gasteiger charge is -2.15. The van der Waals surface area contributed by atoms with Crippen LogP contribution in [0.4, 0.5) is 0 Å². The second-order valence-corrected chi connectivity index (χ2v) is 5.14. The van der Waals surface area contributed by atoms with Crippen LogP contribution in [0.3, 0.4) is 0 Å². The molecule has 0 aromatic heterocycles. The molecule has 0 saturated carbocycles. The molecule has 0 spiro atoms. The second kappa shape index (κ2) is 6.52. The molecule has 2 rings (SSSR count). The topological polar surface area (TPSA) is 72.8 Å². The Hall–Kier alpha value is -2.82. The Kier molecular flexibility index (Phi) is 4.69. The van der Waals surface area contributed by atoms with Gasteiger partial charge in [0.2, 0.25) is 0 Å². The first-order chi connectivity index (χ1) is 10.9. The summed E-state index contributed by atoms with van der Waals surface area (Å²) in [5.41, 5.74) is 2.40. The molecular weight excluding hydrogens is 296 g/mol. The van der Waals surface area contributed by atoms with E-state index in [4.69, 9.17) is 9.47 Å². The Bertz CT molecular complexity index is 777. The van der Waals surface area contributed by atoms with Crippen molar-refractivity contribution in [3.05, 3.63) is 47.0 Å². The SMILES string of the molecule is COc1cc(OC)c(-c2ccc(C(C)=O)cc2C(=O)O)cc1C. The Balaban J connectivity index is 2.73. The minimum Gasteiger partial charge on any atom is -0.496 e. The zero-order valence-electron chi connectivity index (χ0n) is 13.5. The molecule has 0 aliphatic rings. The summed E-state index contributed by atoms with van der Waals surface area (Å²) >= 11 is 0. The van der Waals surface area contributed by atoms with Crippen LogP contribution in [0, 0.1) is 6.92 Å². The van der Waals surface area contributed by atoms with Crippen LogP contribution in [0.25, 0.3) is 11.1 Å². The van der Waals surface area contributed by atoms with Crippen molar-refractivity contribution in [3.63, 3.8) is 0 Å². The fraction of sp³-hybridized carbons (Fsp3) is 0.222. The average molecular weight is 314 g/mol. The zero-order chi connectivity index (χ0) is 17.1. The van der Waals surface area contributed by atoms with Gasteiger partial charge in [-0.25, -0.2) is 4.79 Å². The van der Waals surface area contributed by atoms with Crippen molar-refractivity contribution in [2.75, 3.05) is 14.2 Å². The van der Waals surface area contributed by atoms with Gasteiger partial charge < -0.3 is 14.6 Å². The maximum absolute atomic E-state index is 11.6. The van der Waals surface area contributed by atoms with Crippen molar-refractivity contribution in [1.82, 2.24) is 0 Å². The number of ketones is 1. The predicted octanol–water partition coefficient (Wildman–Crippen LogP) is 3.58. The number of aromatic carboxylic acids is 1. The molecule has 0 unspecified atom stereocenters. The van der Waals surface area contributed by atoms with Crippen molar-refractivity contribution in [2.24, 2.45) is 0 Å². The van der Waals surface area contributed by atoms with Gasteiger partial charge in [-0.3, -0.25) is 4.79 Å². The van der Waals surface area contributed by atoms with Crippen LogP contribution in [-0.2, 0) is 0 Å². The molecule has 2 aromatic rings. The molecule has 0 atom stereocenters. The highest BCUT2D eigenvalue weighted by atomic mass is 16.5. The highest BCUT2D eigenvalue weighted by Gasteiger charge is 2.18. The Morgan fingerprint density at radius 2 is 1.61 bits per heavy atom. The van der Waals surface area contributed by atoms with Gasteiger partial charge >= 0.3 is 5.97 Å². The minimum atomic E-state index is -1.10. The number of carbonyl (C=O) groups is 2. The van der Waals surface area contributed by atoms with E-state index in [9.17, 15) is 14.7 Å². The van der Waals surface area contributed by atoms with E-state index in [1.54, 1.807) is 25.3 Å². The van der Waals surface area contributed by atoms with Gasteiger partial charge in [-0.15, -0.1) is 0 Å². The highest BCUT2D eigenvalue weighted by Crippen LogP contribution is 2.37. The summed E-state index contributed by atoms with van der Waals surface area (Å²) in [4.78, 5) is 23.1. The number of methoxy groups -OCH3 is 2. The molecule has 0 heterocycles. The fourth-order valence-corrected chi connectivity index (χ4v) is 2.44. The second-order valence-electron chi connectivity index (χ2n) is 5.14. The van der Waals surface area contributed by atoms with E-state index in [0.29, 0.717) is 28.2 Å². The van der Waals surface area contributed by atoms with Crippen molar-refractivity contribution < 1.29 is 24.2 Å². The monoisotopic (exact) mass is 314 g/mol. The van der Waals surface area contributed by atoms with E-state index in [1.165, 1.54) is 20.1 Å². The van der Waals surface area contributed by atoms with Gasteiger partial charge in [-0.2, -0.15) is 0 Å². The van der Waals surface area contributed by atoms with Crippen LogP contribution in [-0.4, -0.2) is 31.1 Å². The molecule has 0 aliphatic carbocycles. The molecular formula is C18H18O5. The maximum atomic E-state index is 11.6. The van der Waals surface area contributed by atoms with E-state index in [1.807, 2.05) is 13.0 Å². The Morgan fingerprint density at radius 3 is 2.13 bits per heavy atom. The van der Waals surface area contributed by atoms with E-state index in [-0.39, 0.29) is 11.3 Å². The number of carboxylic acid groups (broad SMARTS) is 1. The smallest absolute Gasteiger partial charge is 0.336 e. The standard InChI is InChI=1S/C18H18O5/c1-10-7-14(17(23-4)9-16(10)22-3)13-6-5-12(11(2)19)8-15(13)18(20)21/h5-9H,1-4H3,(H,20,21). The van der Waals surface area contributed by atoms with Crippen LogP contribution in [0.15, 0.2) is 30.3 Å². The number of carboxylic acids is 1. The molecule has 5 heteroatoms. The fourth-order valence-electron chi connectivity index (χ4n) is 2.44. The van der Waals surface area contributed by atoms with Gasteiger partial charge in [-0.1, -0.05) is 12.1 Å². The quantitative estimate of drug-likeness (QED) is 0.854. The highest BCUT2D eigenvalue weighted by molar-refractivity contribution is 6.02. The first-order valence-corrected chi connectivity index (χ1v) is 7.00. The van der Waals surface area contributed by atoms with Crippen molar-refractivity contribution in [2.45, 2.75) is 13.8 Å². The lowest BCUT2D eigenvalue weighted by molar-refractivity contribution is 0.0697. The molecule has 5 nitrogen and oxygen atoms in total. The van der Waals surface area contributed by atoms with Gasteiger partial charge in [0.05, 0.1) is 19.8 Å². The number of hydrogen-bond donors (Lipinski definition) is 1. The van der Waals surface area contributed by atoms with Crippen LogP contribution in [0.1, 0.15) is 33.2 Å². The number of hydrogen-bond acceptors (Lipinski definition) is 4. The lowest BCUT2D eigenvalue weighted by atomic mass is 9.94. The van der Waals surface area contributed by atoms with Crippen molar-refractivity contribution in [3.8, 4) is 22.6 Å². The predicted molar refractivity (Wildman–Crippen MR) is 86.7 cm³/mol. The number of ether oxygens (including phenoxy) is 2. The summed E-state index contributed by atoms with van der Waals surface area (Å²) in [6.07, 6.45) is 0. The normalized spacial score (nSPS) is 10.3. The van der Waals surface area contributed by atoms with Gasteiger partial charge in [0, 0.05) is 17.2 Å². The lowest BCUT2D eigenvalue weighted by Crippen LogP contribution is -2.04. The molecule has 0 saturated heterocycles. The largest absolute Gasteiger partial charge is 0.496 e. The van der Waals surface area contributed by atoms with Crippen LogP contribution < -0.4 is 9.47 Å². The third-order valence-corrected chi connectivity index (χ3v) is 3.66. The molecule has 0 fully saturated rings. The first kappa shape index (κ1) is 16.5. The van der Waals surface area contributed by atoms with E-state index < -0.39 is 5.97 Å². The van der Waals surface area contributed by atoms with Gasteiger partial charge in [0.15, 0.2) is 5.78 Å². The van der Waals surface area contributed by atoms with Crippen molar-refractivity contribution >= 4 is 11.8 Å². The summed E-state index contributed by atoms with van der Waals surface area (Å²) in [6, 6.07) is 8.16. The summed E-state index contributed by atoms with van der Waals surface area (Å²) in [6.45, 7) is 3.27. The summed E-state index contributed by atoms with van der Waals surface area (Å²) < 4.78 is 10.6. The zero-order valence-corrected chi connectivity index (χ0v) is 13.5. The minimum absolute atomic E-state index is 0.0561. The van der Waals surface area contributed by atoms with Gasteiger partial charge in [-0.05, 0) is 37.1 Å². The number of carbonyl (C=O) groups excluding carboxylic acids is 1. The van der Waals surface area contributed by atoms with E-state index in [2.05, 4.69) is 0 Å². The summed E-state index contributed by atoms with van der Waals surface area (Å²) in [5.74, 6) is -0.121. The van der Waals surface area contributed by atoms with Crippen LogP contribution in [0.5, 0.6) is 11.5 Å². The third kappa shape index (κ3) is 3.18. The Morgan fingerprint density at radius 1 is 0.957 bits per heavy atom. The molecule has 120 valence electrons. The first-order valence-electron chi connectivity index (χ1n) is 7.00. The number of benzene rings is 2. The van der Waals surface area contributed by atoms with E-state index in [0.717, 1.165) is 5.56 Å². The molecule has 0 bridgehead atoms. The molecule has 2 aromatic carbocycles. The molecule has 0 amide bonds. The number of aryl methyl sites for hydroxylation is 1. The third-order valence-electron chi connectivity index (χ3n) is 3.66. The summed E-state index contributed by atoms with van der Waals surface area (Å²) in [5, 5.41) is 9.49. The number of rotatable bonds is 5. The maximum Gasteiger partial charge on any atom is 0.336 e. The molecule has 0 aliphatic heterocycles. The number of Topliss-reactive ketones (excluding diaryl/α,β-unsaturated/α-hetero) is 1. The van der Waals surface area contributed by atoms with Crippen LogP contribution >= 0.6 is 0 Å². The van der Waals surface area contributed by atoms with E-state index >= 15 is 0 Å². The van der Waals surface area contributed by atoms with Gasteiger partial charge in [0.1, 0.15) is 11.5 Å². The summed E-state index contributed by atoms with van der Waals surface area (Å²) in [7, 11) is 3.07. The van der Waals surface area contributed by atoms with Crippen LogP contribution in [0.2, 0.25) is 0 Å². The average Bonchev–Trinajstić information content (AvgIpc) is 2.53.